The maximum absolute atomic E-state index is 14.6. The lowest BCUT2D eigenvalue weighted by Crippen LogP contribution is -2.13. The second kappa shape index (κ2) is 10.6. The largest absolute Gasteiger partial charge is 0.486 e. The summed E-state index contributed by atoms with van der Waals surface area (Å²) in [5, 5.41) is 0. The lowest BCUT2D eigenvalue weighted by Gasteiger charge is -2.29. The van der Waals surface area contributed by atoms with Crippen molar-refractivity contribution < 1.29 is 13.5 Å². The summed E-state index contributed by atoms with van der Waals surface area (Å²) in [5.74, 6) is -0.364. The Hall–Kier alpha value is -2.16. The fraction of sp³-hybridized carbons (Fsp3) is 0.462. The predicted octanol–water partition coefficient (Wildman–Crippen LogP) is 8.05. The maximum atomic E-state index is 14.6. The summed E-state index contributed by atoms with van der Waals surface area (Å²) in [6, 6.07) is 11.1. The lowest BCUT2D eigenvalue weighted by atomic mass is 9.77. The van der Waals surface area contributed by atoms with E-state index in [1.165, 1.54) is 56.6 Å². The van der Waals surface area contributed by atoms with Gasteiger partial charge in [-0.15, -0.1) is 0 Å². The van der Waals surface area contributed by atoms with Gasteiger partial charge in [-0.1, -0.05) is 62.6 Å². The summed E-state index contributed by atoms with van der Waals surface area (Å²) < 4.78 is 34.2. The molecule has 0 N–H and O–H groups in total. The van der Waals surface area contributed by atoms with Crippen molar-refractivity contribution in [2.24, 2.45) is 5.92 Å². The third kappa shape index (κ3) is 5.46. The molecule has 0 amide bonds. The van der Waals surface area contributed by atoms with E-state index in [4.69, 9.17) is 4.74 Å². The average Bonchev–Trinajstić information content (AvgIpc) is 2.76. The van der Waals surface area contributed by atoms with E-state index in [2.05, 4.69) is 19.1 Å². The highest BCUT2D eigenvalue weighted by Crippen LogP contribution is 2.38. The molecule has 29 heavy (non-hydrogen) atoms. The van der Waals surface area contributed by atoms with Gasteiger partial charge in [-0.05, 0) is 67.7 Å². The van der Waals surface area contributed by atoms with Gasteiger partial charge in [0.15, 0.2) is 11.6 Å². The van der Waals surface area contributed by atoms with Gasteiger partial charge in [0.1, 0.15) is 6.61 Å². The van der Waals surface area contributed by atoms with Crippen LogP contribution in [0.1, 0.15) is 70.3 Å². The van der Waals surface area contributed by atoms with Gasteiger partial charge in [0.05, 0.1) is 0 Å². The molecule has 3 heteroatoms. The molecular formula is C26H32F2O. The molecule has 0 unspecified atom stereocenters. The number of unbranched alkanes of at least 4 members (excludes halogenated alkanes) is 1. The monoisotopic (exact) mass is 398 g/mol. The molecule has 0 heterocycles. The van der Waals surface area contributed by atoms with Crippen LogP contribution in [0.2, 0.25) is 0 Å². The minimum Gasteiger partial charge on any atom is -0.486 e. The van der Waals surface area contributed by atoms with Crippen molar-refractivity contribution in [2.75, 3.05) is 6.61 Å². The molecule has 0 spiro atoms. The van der Waals surface area contributed by atoms with Gasteiger partial charge >= 0.3 is 0 Å². The first kappa shape index (κ1) is 21.5. The zero-order valence-corrected chi connectivity index (χ0v) is 17.6. The summed E-state index contributed by atoms with van der Waals surface area (Å²) in [4.78, 5) is 0. The van der Waals surface area contributed by atoms with Gasteiger partial charge in [0, 0.05) is 5.56 Å². The van der Waals surface area contributed by atoms with Crippen LogP contribution in [0.4, 0.5) is 8.78 Å². The molecule has 0 aromatic heterocycles. The van der Waals surface area contributed by atoms with Gasteiger partial charge in [0.2, 0.25) is 5.82 Å². The topological polar surface area (TPSA) is 9.23 Å². The molecular weight excluding hydrogens is 366 g/mol. The van der Waals surface area contributed by atoms with Crippen molar-refractivity contribution in [3.05, 3.63) is 65.7 Å². The van der Waals surface area contributed by atoms with Crippen LogP contribution < -0.4 is 4.74 Å². The van der Waals surface area contributed by atoms with Gasteiger partial charge in [-0.2, -0.15) is 4.39 Å². The first-order chi connectivity index (χ1) is 14.1. The first-order valence-electron chi connectivity index (χ1n) is 11.0. The summed E-state index contributed by atoms with van der Waals surface area (Å²) >= 11 is 0. The molecule has 156 valence electrons. The minimum absolute atomic E-state index is 0.0548. The molecule has 1 fully saturated rings. The third-order valence-electron chi connectivity index (χ3n) is 6.12. The van der Waals surface area contributed by atoms with E-state index in [0.29, 0.717) is 11.5 Å². The smallest absolute Gasteiger partial charge is 0.201 e. The van der Waals surface area contributed by atoms with Gasteiger partial charge < -0.3 is 4.74 Å². The standard InChI is InChI=1S/C26H32F2O/c1-3-5-7-19-8-10-20(11-9-19)21-12-14-22(15-13-21)23-16-17-24(26(28)25(23)27)29-18-6-4-2/h4,6,12-17,19-20H,3,5,7-11,18H2,1-2H3/b6-4+. The van der Waals surface area contributed by atoms with Crippen molar-refractivity contribution in [1.29, 1.82) is 0 Å². The van der Waals surface area contributed by atoms with E-state index in [0.717, 1.165) is 5.92 Å². The number of ether oxygens (including phenoxy) is 1. The number of allylic oxidation sites excluding steroid dienone is 1. The Morgan fingerprint density at radius 1 is 0.966 bits per heavy atom. The molecule has 3 rings (SSSR count). The summed E-state index contributed by atoms with van der Waals surface area (Å²) in [6.45, 7) is 4.33. The molecule has 1 nitrogen and oxygen atoms in total. The second-order valence-corrected chi connectivity index (χ2v) is 8.10. The number of hydrogen-bond acceptors (Lipinski definition) is 1. The Morgan fingerprint density at radius 2 is 1.69 bits per heavy atom. The summed E-state index contributed by atoms with van der Waals surface area (Å²) in [6.07, 6.45) is 12.6. The molecule has 1 aliphatic rings. The normalized spacial score (nSPS) is 19.6. The molecule has 2 aromatic carbocycles. The van der Waals surface area contributed by atoms with E-state index >= 15 is 0 Å². The Balaban J connectivity index is 1.67. The van der Waals surface area contributed by atoms with Crippen molar-refractivity contribution in [2.45, 2.75) is 64.7 Å². The van der Waals surface area contributed by atoms with Crippen LogP contribution in [0.3, 0.4) is 0 Å². The Labute approximate surface area is 173 Å². The lowest BCUT2D eigenvalue weighted by molar-refractivity contribution is 0.304. The predicted molar refractivity (Wildman–Crippen MR) is 116 cm³/mol. The highest BCUT2D eigenvalue weighted by molar-refractivity contribution is 5.65. The van der Waals surface area contributed by atoms with E-state index in [9.17, 15) is 8.78 Å². The molecule has 0 aliphatic heterocycles. The highest BCUT2D eigenvalue weighted by Gasteiger charge is 2.22. The van der Waals surface area contributed by atoms with E-state index in [-0.39, 0.29) is 17.9 Å². The van der Waals surface area contributed by atoms with Gasteiger partial charge in [-0.3, -0.25) is 0 Å². The van der Waals surface area contributed by atoms with Gasteiger partial charge in [0.25, 0.3) is 0 Å². The fourth-order valence-corrected chi connectivity index (χ4v) is 4.31. The number of rotatable bonds is 8. The van der Waals surface area contributed by atoms with Crippen LogP contribution in [0.25, 0.3) is 11.1 Å². The Kier molecular flexibility index (Phi) is 7.85. The summed E-state index contributed by atoms with van der Waals surface area (Å²) in [7, 11) is 0. The third-order valence-corrected chi connectivity index (χ3v) is 6.12. The molecule has 0 bridgehead atoms. The van der Waals surface area contributed by atoms with E-state index in [1.807, 2.05) is 25.1 Å². The van der Waals surface area contributed by atoms with Crippen LogP contribution in [-0.2, 0) is 0 Å². The van der Waals surface area contributed by atoms with Crippen molar-refractivity contribution in [1.82, 2.24) is 0 Å². The molecule has 0 saturated heterocycles. The van der Waals surface area contributed by atoms with E-state index in [1.54, 1.807) is 12.1 Å². The second-order valence-electron chi connectivity index (χ2n) is 8.10. The SMILES string of the molecule is C/C=C/COc1ccc(-c2ccc(C3CCC(CCCC)CC3)cc2)c(F)c1F. The number of halogens is 2. The quantitative estimate of drug-likeness (QED) is 0.409. The molecule has 0 radical (unpaired) electrons. The minimum atomic E-state index is -0.929. The zero-order chi connectivity index (χ0) is 20.6. The summed E-state index contributed by atoms with van der Waals surface area (Å²) in [5.41, 5.74) is 2.28. The van der Waals surface area contributed by atoms with Crippen molar-refractivity contribution in [3.8, 4) is 16.9 Å². The van der Waals surface area contributed by atoms with Crippen LogP contribution in [0.15, 0.2) is 48.6 Å². The zero-order valence-electron chi connectivity index (χ0n) is 17.6. The molecule has 1 aliphatic carbocycles. The first-order valence-corrected chi connectivity index (χ1v) is 11.0. The fourth-order valence-electron chi connectivity index (χ4n) is 4.31. The van der Waals surface area contributed by atoms with Crippen LogP contribution in [-0.4, -0.2) is 6.61 Å². The van der Waals surface area contributed by atoms with Crippen molar-refractivity contribution >= 4 is 0 Å². The molecule has 2 aromatic rings. The molecule has 1 saturated carbocycles. The van der Waals surface area contributed by atoms with Crippen LogP contribution in [0.5, 0.6) is 5.75 Å². The van der Waals surface area contributed by atoms with Gasteiger partial charge in [-0.25, -0.2) is 4.39 Å². The van der Waals surface area contributed by atoms with Crippen molar-refractivity contribution in [3.63, 3.8) is 0 Å². The number of benzene rings is 2. The highest BCUT2D eigenvalue weighted by atomic mass is 19.2. The van der Waals surface area contributed by atoms with Crippen LogP contribution >= 0.6 is 0 Å². The Morgan fingerprint density at radius 3 is 2.34 bits per heavy atom. The number of hydrogen-bond donors (Lipinski definition) is 0. The Bertz CT molecular complexity index is 802. The van der Waals surface area contributed by atoms with E-state index < -0.39 is 11.6 Å². The van der Waals surface area contributed by atoms with Crippen LogP contribution in [0, 0.1) is 17.6 Å². The molecule has 0 atom stereocenters. The maximum Gasteiger partial charge on any atom is 0.201 e. The average molecular weight is 399 g/mol.